The topological polar surface area (TPSA) is 45.7 Å². The molecule has 0 spiro atoms. The van der Waals surface area contributed by atoms with Gasteiger partial charge in [0.15, 0.2) is 5.13 Å². The average molecular weight is 516 g/mol. The third-order valence-corrected chi connectivity index (χ3v) is 6.90. The summed E-state index contributed by atoms with van der Waals surface area (Å²) in [6.45, 7) is 1.22. The molecule has 0 atom stereocenters. The molecule has 0 aliphatic heterocycles. The van der Waals surface area contributed by atoms with Gasteiger partial charge in [-0.25, -0.2) is 4.98 Å². The van der Waals surface area contributed by atoms with Crippen molar-refractivity contribution in [3.05, 3.63) is 88.4 Å². The van der Waals surface area contributed by atoms with Gasteiger partial charge in [0.1, 0.15) is 11.3 Å². The van der Waals surface area contributed by atoms with Crippen LogP contribution in [0.2, 0.25) is 5.02 Å². The van der Waals surface area contributed by atoms with Gasteiger partial charge < -0.3 is 9.64 Å². The van der Waals surface area contributed by atoms with Crippen LogP contribution in [0.25, 0.3) is 10.2 Å². The minimum absolute atomic E-state index is 0. The van der Waals surface area contributed by atoms with Gasteiger partial charge in [0.2, 0.25) is 0 Å². The van der Waals surface area contributed by atoms with Gasteiger partial charge in [-0.15, -0.1) is 12.4 Å². The van der Waals surface area contributed by atoms with Crippen molar-refractivity contribution < 1.29 is 9.53 Å². The molecule has 4 aromatic rings. The third kappa shape index (κ3) is 5.88. The molecule has 0 saturated heterocycles. The Bertz CT molecular complexity index is 1240. The predicted molar refractivity (Wildman–Crippen MR) is 144 cm³/mol. The van der Waals surface area contributed by atoms with Crippen molar-refractivity contribution in [3.63, 3.8) is 0 Å². The standard InChI is InChI=1S/C26H26ClN3O2S.ClH/c1-29(2)15-16-30(26-28-23-22(32-3)14-13-21(27)24(23)33-26)25(31)20-11-9-19(10-12-20)17-18-7-5-4-6-8-18;/h4-14H,15-17H2,1-3H3;1H. The van der Waals surface area contributed by atoms with Gasteiger partial charge in [-0.05, 0) is 55.9 Å². The van der Waals surface area contributed by atoms with E-state index in [9.17, 15) is 4.79 Å². The van der Waals surface area contributed by atoms with Gasteiger partial charge in [0.05, 0.1) is 16.8 Å². The second kappa shape index (κ2) is 11.7. The van der Waals surface area contributed by atoms with Crippen LogP contribution in [0.1, 0.15) is 21.5 Å². The largest absolute Gasteiger partial charge is 0.494 e. The molecule has 3 aromatic carbocycles. The highest BCUT2D eigenvalue weighted by Crippen LogP contribution is 2.39. The lowest BCUT2D eigenvalue weighted by atomic mass is 10.0. The summed E-state index contributed by atoms with van der Waals surface area (Å²) in [5.74, 6) is 0.555. The number of amides is 1. The Morgan fingerprint density at radius 3 is 2.29 bits per heavy atom. The van der Waals surface area contributed by atoms with Crippen LogP contribution in [0.3, 0.4) is 0 Å². The summed E-state index contributed by atoms with van der Waals surface area (Å²) in [5.41, 5.74) is 3.70. The maximum Gasteiger partial charge on any atom is 0.260 e. The van der Waals surface area contributed by atoms with Gasteiger partial charge in [0, 0.05) is 18.7 Å². The van der Waals surface area contributed by atoms with E-state index in [0.717, 1.165) is 16.7 Å². The maximum atomic E-state index is 13.6. The van der Waals surface area contributed by atoms with Crippen LogP contribution in [-0.2, 0) is 6.42 Å². The van der Waals surface area contributed by atoms with E-state index in [1.54, 1.807) is 24.1 Å². The predicted octanol–water partition coefficient (Wildman–Crippen LogP) is 6.18. The first-order valence-corrected chi connectivity index (χ1v) is 11.9. The van der Waals surface area contributed by atoms with E-state index in [2.05, 4.69) is 12.1 Å². The normalized spacial score (nSPS) is 10.9. The number of ether oxygens (including phenoxy) is 1. The lowest BCUT2D eigenvalue weighted by molar-refractivity contribution is 0.0985. The van der Waals surface area contributed by atoms with Crippen molar-refractivity contribution in [2.75, 3.05) is 39.2 Å². The Hall–Kier alpha value is -2.64. The van der Waals surface area contributed by atoms with Crippen LogP contribution in [0.5, 0.6) is 5.75 Å². The summed E-state index contributed by atoms with van der Waals surface area (Å²) in [4.78, 5) is 22.1. The second-order valence-corrected chi connectivity index (χ2v) is 9.43. The fourth-order valence-corrected chi connectivity index (χ4v) is 4.84. The molecule has 34 heavy (non-hydrogen) atoms. The number of thiazole rings is 1. The van der Waals surface area contributed by atoms with E-state index in [-0.39, 0.29) is 18.3 Å². The lowest BCUT2D eigenvalue weighted by Crippen LogP contribution is -2.36. The molecule has 0 radical (unpaired) electrons. The molecule has 0 N–H and O–H groups in total. The number of halogens is 2. The van der Waals surface area contributed by atoms with Crippen LogP contribution < -0.4 is 9.64 Å². The molecule has 1 aromatic heterocycles. The average Bonchev–Trinajstić information content (AvgIpc) is 3.26. The van der Waals surface area contributed by atoms with Gasteiger partial charge in [-0.3, -0.25) is 9.69 Å². The summed E-state index contributed by atoms with van der Waals surface area (Å²) < 4.78 is 6.27. The number of benzene rings is 3. The van der Waals surface area contributed by atoms with Crippen molar-refractivity contribution in [1.82, 2.24) is 9.88 Å². The van der Waals surface area contributed by atoms with Gasteiger partial charge in [0.25, 0.3) is 5.91 Å². The first-order valence-electron chi connectivity index (χ1n) is 10.7. The Morgan fingerprint density at radius 1 is 0.971 bits per heavy atom. The Balaban J connectivity index is 0.00000324. The monoisotopic (exact) mass is 515 g/mol. The number of likely N-dealkylation sites (N-methyl/N-ethyl adjacent to an activating group) is 1. The fourth-order valence-electron chi connectivity index (χ4n) is 3.56. The molecule has 8 heteroatoms. The molecule has 0 bridgehead atoms. The molecule has 1 amide bonds. The Labute approximate surface area is 215 Å². The molecule has 1 heterocycles. The maximum absolute atomic E-state index is 13.6. The van der Waals surface area contributed by atoms with E-state index in [1.807, 2.05) is 61.5 Å². The van der Waals surface area contributed by atoms with Crippen LogP contribution in [0.4, 0.5) is 5.13 Å². The third-order valence-electron chi connectivity index (χ3n) is 5.37. The molecular formula is C26H27Cl2N3O2S. The van der Waals surface area contributed by atoms with Crippen LogP contribution in [-0.4, -0.2) is 50.1 Å². The molecule has 0 aliphatic rings. The number of carbonyl (C=O) groups excluding carboxylic acids is 1. The highest BCUT2D eigenvalue weighted by atomic mass is 35.5. The Kier molecular flexibility index (Phi) is 8.91. The SMILES string of the molecule is COc1ccc(Cl)c2sc(N(CCN(C)C)C(=O)c3ccc(Cc4ccccc4)cc3)nc12.Cl. The number of hydrogen-bond donors (Lipinski definition) is 0. The highest BCUT2D eigenvalue weighted by Gasteiger charge is 2.23. The zero-order valence-corrected chi connectivity index (χ0v) is 21.7. The van der Waals surface area contributed by atoms with Gasteiger partial charge in [-0.1, -0.05) is 65.4 Å². The first-order chi connectivity index (χ1) is 16.0. The van der Waals surface area contributed by atoms with Gasteiger partial charge >= 0.3 is 0 Å². The van der Waals surface area contributed by atoms with Crippen LogP contribution in [0, 0.1) is 0 Å². The van der Waals surface area contributed by atoms with E-state index in [0.29, 0.717) is 40.1 Å². The molecule has 0 saturated carbocycles. The molecule has 0 fully saturated rings. The highest BCUT2D eigenvalue weighted by molar-refractivity contribution is 7.23. The molecule has 0 unspecified atom stereocenters. The molecule has 5 nitrogen and oxygen atoms in total. The lowest BCUT2D eigenvalue weighted by Gasteiger charge is -2.22. The number of nitrogens with zero attached hydrogens (tertiary/aromatic N) is 3. The molecular weight excluding hydrogens is 489 g/mol. The molecule has 4 rings (SSSR count). The number of carbonyl (C=O) groups is 1. The van der Waals surface area contributed by atoms with Crippen molar-refractivity contribution in [1.29, 1.82) is 0 Å². The Morgan fingerprint density at radius 2 is 1.65 bits per heavy atom. The minimum Gasteiger partial charge on any atom is -0.494 e. The summed E-state index contributed by atoms with van der Waals surface area (Å²) in [6.07, 6.45) is 0.829. The van der Waals surface area contributed by atoms with Crippen LogP contribution in [0.15, 0.2) is 66.7 Å². The molecule has 178 valence electrons. The second-order valence-electron chi connectivity index (χ2n) is 8.04. The summed E-state index contributed by atoms with van der Waals surface area (Å²) >= 11 is 7.82. The van der Waals surface area contributed by atoms with E-state index in [4.69, 9.17) is 21.3 Å². The zero-order chi connectivity index (χ0) is 23.4. The van der Waals surface area contributed by atoms with E-state index >= 15 is 0 Å². The first kappa shape index (κ1) is 26.0. The number of rotatable bonds is 8. The van der Waals surface area contributed by atoms with Crippen molar-refractivity contribution in [2.45, 2.75) is 6.42 Å². The summed E-state index contributed by atoms with van der Waals surface area (Å²) in [6, 6.07) is 21.7. The van der Waals surface area contributed by atoms with Crippen LogP contribution >= 0.6 is 35.3 Å². The van der Waals surface area contributed by atoms with Gasteiger partial charge in [-0.2, -0.15) is 0 Å². The number of anilines is 1. The zero-order valence-electron chi connectivity index (χ0n) is 19.3. The van der Waals surface area contributed by atoms with Crippen molar-refractivity contribution in [3.8, 4) is 5.75 Å². The summed E-state index contributed by atoms with van der Waals surface area (Å²) in [5, 5.41) is 1.21. The molecule has 0 aliphatic carbocycles. The van der Waals surface area contributed by atoms with E-state index < -0.39 is 0 Å². The number of fused-ring (bicyclic) bond motifs is 1. The smallest absolute Gasteiger partial charge is 0.260 e. The number of aromatic nitrogens is 1. The van der Waals surface area contributed by atoms with E-state index in [1.165, 1.54) is 16.9 Å². The van der Waals surface area contributed by atoms with Crippen molar-refractivity contribution in [2.24, 2.45) is 0 Å². The fraction of sp³-hybridized carbons (Fsp3) is 0.231. The van der Waals surface area contributed by atoms with Crippen molar-refractivity contribution >= 4 is 56.6 Å². The minimum atomic E-state index is -0.0859. The number of methoxy groups -OCH3 is 1. The summed E-state index contributed by atoms with van der Waals surface area (Å²) in [7, 11) is 5.58. The quantitative estimate of drug-likeness (QED) is 0.281. The number of hydrogen-bond acceptors (Lipinski definition) is 5.